The number of aromatic nitrogens is 3. The summed E-state index contributed by atoms with van der Waals surface area (Å²) >= 11 is 0. The van der Waals surface area contributed by atoms with Gasteiger partial charge < -0.3 is 24.8 Å². The van der Waals surface area contributed by atoms with Gasteiger partial charge in [0, 0.05) is 67.2 Å². The number of amides is 1. The van der Waals surface area contributed by atoms with Gasteiger partial charge >= 0.3 is 0 Å². The van der Waals surface area contributed by atoms with Gasteiger partial charge in [-0.25, -0.2) is 18.4 Å². The number of ether oxygens (including phenoxy) is 1. The van der Waals surface area contributed by atoms with Crippen molar-refractivity contribution in [2.24, 2.45) is 11.8 Å². The van der Waals surface area contributed by atoms with Gasteiger partial charge in [0.15, 0.2) is 0 Å². The number of likely N-dealkylation sites (tertiary alicyclic amines) is 1. The number of nitrogens with zero attached hydrogens (tertiary/aromatic N) is 6. The number of carbonyl (C=O) groups excluding carboxylic acids is 1. The first-order valence-corrected chi connectivity index (χ1v) is 18.5. The second-order valence-corrected chi connectivity index (χ2v) is 15.5. The van der Waals surface area contributed by atoms with E-state index < -0.39 is 9.84 Å². The normalized spacial score (nSPS) is 26.5. The number of rotatable bonds is 8. The summed E-state index contributed by atoms with van der Waals surface area (Å²) in [6, 6.07) is 8.48. The van der Waals surface area contributed by atoms with Crippen LogP contribution in [0.3, 0.4) is 0 Å². The molecule has 0 unspecified atom stereocenters. The Labute approximate surface area is 271 Å². The minimum Gasteiger partial charge on any atom is -0.379 e. The molecule has 4 saturated heterocycles. The van der Waals surface area contributed by atoms with Gasteiger partial charge in [0.2, 0.25) is 11.9 Å². The number of benzene rings is 1. The molecule has 4 aliphatic heterocycles. The molecule has 2 aromatic heterocycles. The number of nitrogens with one attached hydrogen (secondary N) is 1. The molecule has 0 bridgehead atoms. The van der Waals surface area contributed by atoms with Crippen LogP contribution in [-0.4, -0.2) is 91.1 Å². The lowest BCUT2D eigenvalue weighted by atomic mass is 9.88. The number of hydrogen-bond acceptors (Lipinski definition) is 10. The lowest BCUT2D eigenvalue weighted by Crippen LogP contribution is -2.57. The van der Waals surface area contributed by atoms with Crippen LogP contribution in [0.5, 0.6) is 0 Å². The third-order valence-corrected chi connectivity index (χ3v) is 11.4. The van der Waals surface area contributed by atoms with Crippen molar-refractivity contribution in [2.45, 2.75) is 57.2 Å². The second-order valence-electron chi connectivity index (χ2n) is 13.3. The quantitative estimate of drug-likeness (QED) is 0.351. The average molecular weight is 646 g/mol. The van der Waals surface area contributed by atoms with Crippen molar-refractivity contribution in [3.63, 3.8) is 0 Å². The lowest BCUT2D eigenvalue weighted by Gasteiger charge is -2.48. The number of anilines is 4. The summed E-state index contributed by atoms with van der Waals surface area (Å²) in [6.45, 7) is 9.66. The van der Waals surface area contributed by atoms with Crippen molar-refractivity contribution in [1.82, 2.24) is 19.9 Å². The molecule has 6 heterocycles. The van der Waals surface area contributed by atoms with E-state index in [9.17, 15) is 13.2 Å². The molecular formula is C34H43N7O4S. The Bertz CT molecular complexity index is 1750. The first-order chi connectivity index (χ1) is 22.2. The topological polar surface area (TPSA) is 121 Å². The molecule has 7 rings (SSSR count). The van der Waals surface area contributed by atoms with Crippen LogP contribution in [-0.2, 0) is 19.4 Å². The minimum atomic E-state index is -3.07. The number of hydrogen-bond donors (Lipinski definition) is 1. The summed E-state index contributed by atoms with van der Waals surface area (Å²) in [5, 5.41) is 5.43. The Morgan fingerprint density at radius 2 is 1.93 bits per heavy atom. The first-order valence-electron chi connectivity index (χ1n) is 16.4. The SMILES string of the molecule is C=CC(=O)N1CCCCC[C@@H]1c1ccc(N2C[C@H](CS(C)(=O)=O)[C@H]2C)c2cnc(Nc3ccnc(N4CC[C@H]5COC[C@H]54)n3)cc12. The van der Waals surface area contributed by atoms with E-state index in [1.807, 2.05) is 17.2 Å². The van der Waals surface area contributed by atoms with Crippen molar-refractivity contribution >= 4 is 49.8 Å². The molecule has 3 aromatic rings. The summed E-state index contributed by atoms with van der Waals surface area (Å²) in [5.74, 6) is 2.74. The highest BCUT2D eigenvalue weighted by molar-refractivity contribution is 7.90. The number of sulfone groups is 1. The zero-order valence-electron chi connectivity index (χ0n) is 26.6. The van der Waals surface area contributed by atoms with Crippen molar-refractivity contribution < 1.29 is 17.9 Å². The van der Waals surface area contributed by atoms with E-state index in [4.69, 9.17) is 14.7 Å². The van der Waals surface area contributed by atoms with Crippen molar-refractivity contribution in [2.75, 3.05) is 60.0 Å². The molecular weight excluding hydrogens is 602 g/mol. The average Bonchev–Trinajstić information content (AvgIpc) is 3.59. The molecule has 4 fully saturated rings. The minimum absolute atomic E-state index is 0.0538. The Balaban J connectivity index is 1.25. The third kappa shape index (κ3) is 5.92. The summed E-state index contributed by atoms with van der Waals surface area (Å²) in [7, 11) is -3.07. The maximum atomic E-state index is 13.1. The predicted octanol–water partition coefficient (Wildman–Crippen LogP) is 4.49. The van der Waals surface area contributed by atoms with Crippen LogP contribution >= 0.6 is 0 Å². The van der Waals surface area contributed by atoms with Gasteiger partial charge in [-0.15, -0.1) is 0 Å². The van der Waals surface area contributed by atoms with E-state index >= 15 is 0 Å². The van der Waals surface area contributed by atoms with Crippen LogP contribution in [0.2, 0.25) is 0 Å². The summed E-state index contributed by atoms with van der Waals surface area (Å²) in [6.07, 6.45) is 11.4. The van der Waals surface area contributed by atoms with Crippen molar-refractivity contribution in [3.05, 3.63) is 54.9 Å². The van der Waals surface area contributed by atoms with Crippen molar-refractivity contribution in [3.8, 4) is 0 Å². The van der Waals surface area contributed by atoms with Crippen LogP contribution in [0.1, 0.15) is 50.6 Å². The molecule has 4 aliphatic rings. The zero-order valence-corrected chi connectivity index (χ0v) is 27.5. The fraction of sp³-hybridized carbons (Fsp3) is 0.529. The summed E-state index contributed by atoms with van der Waals surface area (Å²) < 4.78 is 29.8. The number of carbonyl (C=O) groups is 1. The van der Waals surface area contributed by atoms with Gasteiger partial charge in [-0.1, -0.05) is 25.5 Å². The Morgan fingerprint density at radius 3 is 2.74 bits per heavy atom. The molecule has 1 amide bonds. The van der Waals surface area contributed by atoms with Gasteiger partial charge in [0.05, 0.1) is 31.1 Å². The van der Waals surface area contributed by atoms with Crippen molar-refractivity contribution in [1.29, 1.82) is 0 Å². The molecule has 12 heteroatoms. The Hall–Kier alpha value is -3.77. The van der Waals surface area contributed by atoms with E-state index in [0.717, 1.165) is 67.3 Å². The smallest absolute Gasteiger partial charge is 0.246 e. The van der Waals surface area contributed by atoms with Crippen LogP contribution in [0.25, 0.3) is 10.8 Å². The van der Waals surface area contributed by atoms with Gasteiger partial charge in [-0.2, -0.15) is 4.98 Å². The maximum Gasteiger partial charge on any atom is 0.246 e. The third-order valence-electron chi connectivity index (χ3n) is 10.4. The molecule has 0 aliphatic carbocycles. The Morgan fingerprint density at radius 1 is 1.07 bits per heavy atom. The monoisotopic (exact) mass is 645 g/mol. The highest BCUT2D eigenvalue weighted by atomic mass is 32.2. The fourth-order valence-electron chi connectivity index (χ4n) is 7.87. The molecule has 0 saturated carbocycles. The molecule has 244 valence electrons. The maximum absolute atomic E-state index is 13.1. The van der Waals surface area contributed by atoms with E-state index in [1.54, 1.807) is 6.20 Å². The van der Waals surface area contributed by atoms with Crippen LogP contribution in [0.4, 0.5) is 23.3 Å². The van der Waals surface area contributed by atoms with Gasteiger partial charge in [-0.05, 0) is 61.4 Å². The highest BCUT2D eigenvalue weighted by Gasteiger charge is 2.40. The van der Waals surface area contributed by atoms with Crippen LogP contribution < -0.4 is 15.1 Å². The van der Waals surface area contributed by atoms with Crippen LogP contribution in [0.15, 0.2) is 49.3 Å². The van der Waals surface area contributed by atoms with E-state index in [1.165, 1.54) is 12.3 Å². The molecule has 0 radical (unpaired) electrons. The summed E-state index contributed by atoms with van der Waals surface area (Å²) in [5.41, 5.74) is 2.10. The number of pyridine rings is 1. The molecule has 11 nitrogen and oxygen atoms in total. The predicted molar refractivity (Wildman–Crippen MR) is 180 cm³/mol. The first kappa shape index (κ1) is 30.9. The largest absolute Gasteiger partial charge is 0.379 e. The van der Waals surface area contributed by atoms with E-state index in [-0.39, 0.29) is 29.7 Å². The Kier molecular flexibility index (Phi) is 8.35. The van der Waals surface area contributed by atoms with E-state index in [0.29, 0.717) is 49.2 Å². The number of fused-ring (bicyclic) bond motifs is 2. The van der Waals surface area contributed by atoms with Gasteiger partial charge in [0.1, 0.15) is 21.5 Å². The lowest BCUT2D eigenvalue weighted by molar-refractivity contribution is -0.128. The molecule has 5 atom stereocenters. The molecule has 1 N–H and O–H groups in total. The molecule has 1 aromatic carbocycles. The van der Waals surface area contributed by atoms with Gasteiger partial charge in [0.25, 0.3) is 0 Å². The van der Waals surface area contributed by atoms with Crippen LogP contribution in [0, 0.1) is 11.8 Å². The molecule has 0 spiro atoms. The zero-order chi connectivity index (χ0) is 32.0. The summed E-state index contributed by atoms with van der Waals surface area (Å²) in [4.78, 5) is 33.8. The highest BCUT2D eigenvalue weighted by Crippen LogP contribution is 2.42. The molecule has 46 heavy (non-hydrogen) atoms. The second kappa shape index (κ2) is 12.4. The standard InChI is InChI=1S/C34H43N7O4S/c1-4-33(42)39-14-7-5-6-8-28(39)25-9-10-29(41-18-24(22(41)2)21-46(3,43)44)27-17-36-32(16-26(25)27)37-31-11-13-35-34(38-31)40-15-12-23-19-45-20-30(23)40/h4,9-11,13,16-17,22-24,28,30H,1,5-8,12,14-15,18-21H2,2-3H3,(H,35,36,37,38)/t22-,23+,24-,28-,30-/m1/s1. The van der Waals surface area contributed by atoms with Gasteiger partial charge in [-0.3, -0.25) is 4.79 Å². The fourth-order valence-corrected chi connectivity index (χ4v) is 9.03. The van der Waals surface area contributed by atoms with E-state index in [2.05, 4.69) is 51.8 Å².